The van der Waals surface area contributed by atoms with Gasteiger partial charge < -0.3 is 119 Å². The van der Waals surface area contributed by atoms with Crippen LogP contribution in [0.2, 0.25) is 0 Å². The minimum atomic E-state index is -4.24. The fraction of sp³-hybridized carbons (Fsp3) is 0.846. The van der Waals surface area contributed by atoms with Crippen LogP contribution in [0.3, 0.4) is 0 Å². The molecule has 28 nitrogen and oxygen atoms in total. The molecule has 0 spiro atoms. The molecule has 628 valence electrons. The molecule has 0 aliphatic heterocycles. The van der Waals surface area contributed by atoms with Gasteiger partial charge in [0.05, 0.1) is 304 Å². The maximum absolute atomic E-state index is 12.1. The summed E-state index contributed by atoms with van der Waals surface area (Å²) in [6, 6.07) is 17.1. The highest BCUT2D eigenvalue weighted by Crippen LogP contribution is 2.42. The molecule has 0 aromatic heterocycles. The van der Waals surface area contributed by atoms with Crippen LogP contribution in [0.15, 0.2) is 48.5 Å². The zero-order chi connectivity index (χ0) is 76.8. The number of phosphoric acid groups is 1. The van der Waals surface area contributed by atoms with E-state index in [-0.39, 0.29) is 39.6 Å². The Kier molecular flexibility index (Phi) is 73.7. The SMILES string of the molecule is CCC(C)CCC(CC)c1ccc(OCCOCCOCCOCCOCCOCCOCCOCCOCCOCCOCCOCCOP(=O)(O)OCCOCCOCCOCCOCCOCCOCCOCCOCCOCCOCCOCCOc2ccc(C(CC)CCC(C)CC)cc2)cc1. The predicted octanol–water partition coefficient (Wildman–Crippen LogP) is 10.3. The van der Waals surface area contributed by atoms with Gasteiger partial charge in [-0.15, -0.1) is 0 Å². The summed E-state index contributed by atoms with van der Waals surface area (Å²) in [7, 11) is -4.24. The molecule has 4 unspecified atom stereocenters. The van der Waals surface area contributed by atoms with Crippen LogP contribution < -0.4 is 9.47 Å². The smallest absolute Gasteiger partial charge is 0.472 e. The second kappa shape index (κ2) is 78.5. The van der Waals surface area contributed by atoms with Gasteiger partial charge in [0.15, 0.2) is 0 Å². The maximum Gasteiger partial charge on any atom is 0.472 e. The van der Waals surface area contributed by atoms with Crippen LogP contribution in [0.1, 0.15) is 116 Å². The van der Waals surface area contributed by atoms with Gasteiger partial charge in [-0.25, -0.2) is 4.57 Å². The van der Waals surface area contributed by atoms with Crippen LogP contribution in [0.5, 0.6) is 11.5 Å². The van der Waals surface area contributed by atoms with Crippen molar-refractivity contribution < 1.29 is 132 Å². The monoisotopic (exact) mass is 1560 g/mol. The minimum absolute atomic E-state index is 0.0894. The molecule has 2 aromatic rings. The third kappa shape index (κ3) is 67.5. The lowest BCUT2D eigenvalue weighted by molar-refractivity contribution is -0.0283. The van der Waals surface area contributed by atoms with E-state index in [0.717, 1.165) is 36.2 Å². The summed E-state index contributed by atoms with van der Waals surface area (Å²) < 4.78 is 155. The first-order valence-electron chi connectivity index (χ1n) is 39.5. The van der Waals surface area contributed by atoms with Crippen molar-refractivity contribution in [1.29, 1.82) is 0 Å². The summed E-state index contributed by atoms with van der Waals surface area (Å²) in [5, 5.41) is 0. The van der Waals surface area contributed by atoms with Gasteiger partial charge in [-0.3, -0.25) is 9.05 Å². The fourth-order valence-corrected chi connectivity index (χ4v) is 10.4. The largest absolute Gasteiger partial charge is 0.491 e. The zero-order valence-electron chi connectivity index (χ0n) is 66.4. The van der Waals surface area contributed by atoms with E-state index in [9.17, 15) is 9.46 Å². The van der Waals surface area contributed by atoms with E-state index in [1.54, 1.807) is 0 Å². The Labute approximate surface area is 642 Å². The van der Waals surface area contributed by atoms with E-state index in [4.69, 9.17) is 123 Å². The first-order valence-corrected chi connectivity index (χ1v) is 41.0. The van der Waals surface area contributed by atoms with Crippen molar-refractivity contribution in [2.45, 2.75) is 105 Å². The molecule has 0 saturated carbocycles. The van der Waals surface area contributed by atoms with E-state index in [2.05, 4.69) is 90.1 Å². The molecular weight excluding hydrogens is 1420 g/mol. The molecule has 0 saturated heterocycles. The number of phosphoric ester groups is 1. The highest BCUT2D eigenvalue weighted by molar-refractivity contribution is 7.47. The van der Waals surface area contributed by atoms with Crippen molar-refractivity contribution >= 4 is 7.82 Å². The Bertz CT molecular complexity index is 2010. The highest BCUT2D eigenvalue weighted by atomic mass is 31.2. The van der Waals surface area contributed by atoms with Gasteiger partial charge in [0, 0.05) is 0 Å². The molecule has 0 radical (unpaired) electrons. The highest BCUT2D eigenvalue weighted by Gasteiger charge is 2.21. The lowest BCUT2D eigenvalue weighted by Crippen LogP contribution is -2.15. The zero-order valence-corrected chi connectivity index (χ0v) is 67.3. The van der Waals surface area contributed by atoms with Crippen molar-refractivity contribution in [2.24, 2.45) is 11.8 Å². The summed E-state index contributed by atoms with van der Waals surface area (Å²) >= 11 is 0. The lowest BCUT2D eigenvalue weighted by atomic mass is 9.88. The van der Waals surface area contributed by atoms with Crippen LogP contribution in [-0.4, -0.2) is 322 Å². The summed E-state index contributed by atoms with van der Waals surface area (Å²) in [4.78, 5) is 9.88. The van der Waals surface area contributed by atoms with Crippen molar-refractivity contribution in [3.8, 4) is 11.5 Å². The average Bonchev–Trinajstić information content (AvgIpc) is 0.885. The molecule has 2 rings (SSSR count). The molecule has 0 aliphatic rings. The number of benzene rings is 2. The number of rotatable bonds is 88. The third-order valence-corrected chi connectivity index (χ3v) is 17.5. The third-order valence-electron chi connectivity index (χ3n) is 16.5. The minimum Gasteiger partial charge on any atom is -0.491 e. The Morgan fingerprint density at radius 3 is 0.551 bits per heavy atom. The molecule has 1 N–H and O–H groups in total. The summed E-state index contributed by atoms with van der Waals surface area (Å²) in [5.41, 5.74) is 2.79. The van der Waals surface area contributed by atoms with Gasteiger partial charge in [0.25, 0.3) is 0 Å². The van der Waals surface area contributed by atoms with Crippen LogP contribution in [0, 0.1) is 11.8 Å². The quantitative estimate of drug-likeness (QED) is 0.0476. The van der Waals surface area contributed by atoms with E-state index in [1.807, 2.05) is 0 Å². The van der Waals surface area contributed by atoms with Gasteiger partial charge in [0.1, 0.15) is 24.7 Å². The predicted molar refractivity (Wildman–Crippen MR) is 407 cm³/mol. The van der Waals surface area contributed by atoms with Crippen molar-refractivity contribution in [1.82, 2.24) is 0 Å². The summed E-state index contributed by atoms with van der Waals surface area (Å²) in [6.07, 6.45) is 9.82. The molecule has 29 heteroatoms. The molecule has 4 atom stereocenters. The molecule has 0 fully saturated rings. The average molecular weight is 1560 g/mol. The van der Waals surface area contributed by atoms with Crippen LogP contribution in [-0.2, 0) is 118 Å². The normalized spacial score (nSPS) is 13.5. The van der Waals surface area contributed by atoms with E-state index in [1.165, 1.54) is 49.7 Å². The molecule has 0 heterocycles. The van der Waals surface area contributed by atoms with E-state index < -0.39 is 7.82 Å². The number of hydrogen-bond donors (Lipinski definition) is 1. The van der Waals surface area contributed by atoms with Crippen molar-refractivity contribution in [3.05, 3.63) is 59.7 Å². The Morgan fingerprint density at radius 1 is 0.234 bits per heavy atom. The Hall–Kier alpha value is -2.73. The second-order valence-corrected chi connectivity index (χ2v) is 26.3. The standard InChI is InChI=1S/C78H143O28P/c1-7-71(5)11-13-73(9-3)75-15-19-77(20-16-75)103-67-63-99-59-55-95-51-47-91-43-39-87-35-31-83-27-23-81-25-29-85-33-37-89-41-45-93-49-53-97-57-61-101-65-69-105-107(79,80)106-70-66-102-62-58-98-54-50-94-46-42-90-38-34-86-30-26-82-24-28-84-32-36-88-40-44-92-48-52-96-56-60-100-64-68-104-78-21-17-76(18-22-78)74(10-4)14-12-72(6)8-2/h15-22,71-74H,7-14,23-70H2,1-6H3,(H,79,80). The van der Waals surface area contributed by atoms with Gasteiger partial charge in [-0.2, -0.15) is 0 Å². The summed E-state index contributed by atoms with van der Waals surface area (Å²) in [5.74, 6) is 4.52. The van der Waals surface area contributed by atoms with Crippen LogP contribution >= 0.6 is 7.82 Å². The molecular formula is C78H143O28P. The van der Waals surface area contributed by atoms with E-state index in [0.29, 0.717) is 289 Å². The first kappa shape index (κ1) is 100. The van der Waals surface area contributed by atoms with E-state index >= 15 is 0 Å². The van der Waals surface area contributed by atoms with Gasteiger partial charge in [0.2, 0.25) is 0 Å². The molecule has 0 bridgehead atoms. The van der Waals surface area contributed by atoms with Crippen molar-refractivity contribution in [2.75, 3.05) is 317 Å². The van der Waals surface area contributed by atoms with Gasteiger partial charge in [-0.1, -0.05) is 91.5 Å². The summed E-state index contributed by atoms with van der Waals surface area (Å²) in [6.45, 7) is 33.6. The molecule has 107 heavy (non-hydrogen) atoms. The topological polar surface area (TPSA) is 277 Å². The van der Waals surface area contributed by atoms with Gasteiger partial charge in [-0.05, 0) is 84.7 Å². The van der Waals surface area contributed by atoms with Gasteiger partial charge >= 0.3 is 7.82 Å². The lowest BCUT2D eigenvalue weighted by Gasteiger charge is -2.18. The Balaban J connectivity index is 1.15. The molecule has 0 amide bonds. The number of ether oxygens (including phenoxy) is 24. The second-order valence-electron chi connectivity index (χ2n) is 24.8. The first-order chi connectivity index (χ1) is 52.7. The molecule has 2 aromatic carbocycles. The van der Waals surface area contributed by atoms with Crippen molar-refractivity contribution in [3.63, 3.8) is 0 Å². The number of hydrogen-bond acceptors (Lipinski definition) is 27. The molecule has 0 aliphatic carbocycles. The fourth-order valence-electron chi connectivity index (χ4n) is 9.76. The van der Waals surface area contributed by atoms with Crippen LogP contribution in [0.25, 0.3) is 0 Å². The van der Waals surface area contributed by atoms with Crippen LogP contribution in [0.4, 0.5) is 0 Å². The maximum atomic E-state index is 12.1. The Morgan fingerprint density at radius 2 is 0.393 bits per heavy atom.